The molecule has 0 bridgehead atoms. The first-order valence-corrected chi connectivity index (χ1v) is 15.2. The van der Waals surface area contributed by atoms with Gasteiger partial charge >= 0.3 is 0 Å². The van der Waals surface area contributed by atoms with Crippen molar-refractivity contribution in [3.8, 4) is 56.2 Å². The predicted molar refractivity (Wildman–Crippen MR) is 182 cm³/mol. The highest BCUT2D eigenvalue weighted by molar-refractivity contribution is 7.25. The molecule has 2 aromatic heterocycles. The van der Waals surface area contributed by atoms with Gasteiger partial charge in [-0.15, -0.1) is 11.3 Å². The Morgan fingerprint density at radius 3 is 1.67 bits per heavy atom. The summed E-state index contributed by atoms with van der Waals surface area (Å²) in [6, 6.07) is 55.6. The van der Waals surface area contributed by atoms with Crippen molar-refractivity contribution in [2.75, 3.05) is 0 Å². The van der Waals surface area contributed by atoms with E-state index in [1.54, 1.807) is 0 Å². The number of hydrogen-bond donors (Lipinski definition) is 0. The number of thiophene rings is 1. The number of nitrogens with zero attached hydrogens (tertiary/aromatic N) is 2. The van der Waals surface area contributed by atoms with Crippen LogP contribution in [0.1, 0.15) is 0 Å². The van der Waals surface area contributed by atoms with Crippen molar-refractivity contribution in [3.05, 3.63) is 158 Å². The van der Waals surface area contributed by atoms with Crippen LogP contribution in [0.25, 0.3) is 76.3 Å². The molecule has 6 aromatic carbocycles. The summed E-state index contributed by atoms with van der Waals surface area (Å²) in [6.45, 7) is 0. The second kappa shape index (κ2) is 10.8. The Hall–Kier alpha value is -5.38. The van der Waals surface area contributed by atoms with Gasteiger partial charge < -0.3 is 0 Å². The van der Waals surface area contributed by atoms with Crippen LogP contribution in [0.15, 0.2) is 158 Å². The molecule has 0 amide bonds. The van der Waals surface area contributed by atoms with Crippen LogP contribution >= 0.6 is 11.3 Å². The normalized spacial score (nSPS) is 11.3. The number of benzene rings is 6. The molecule has 0 spiro atoms. The number of rotatable bonds is 5. The molecule has 202 valence electrons. The maximum absolute atomic E-state index is 5.16. The number of hydrogen-bond acceptors (Lipinski definition) is 3. The smallest absolute Gasteiger partial charge is 0.160 e. The summed E-state index contributed by atoms with van der Waals surface area (Å²) in [5, 5.41) is 2.60. The topological polar surface area (TPSA) is 25.8 Å². The Bertz CT molecular complexity index is 2160. The third-order valence-electron chi connectivity index (χ3n) is 7.88. The Labute approximate surface area is 254 Å². The minimum absolute atomic E-state index is 0.717. The van der Waals surface area contributed by atoms with E-state index in [1.165, 1.54) is 36.9 Å². The molecule has 2 heterocycles. The van der Waals surface area contributed by atoms with Gasteiger partial charge in [0, 0.05) is 36.9 Å². The van der Waals surface area contributed by atoms with E-state index in [2.05, 4.69) is 133 Å². The monoisotopic (exact) mass is 566 g/mol. The molecule has 0 saturated heterocycles. The molecule has 0 radical (unpaired) electrons. The SMILES string of the molecule is c1ccc(-c2cc(-c3cc(-c4ccccc4)nc(-c4ccccc4)n3)cc(-c3cccc4sc5ccccc5c34)c2)cc1. The summed E-state index contributed by atoms with van der Waals surface area (Å²) in [5.74, 6) is 0.717. The van der Waals surface area contributed by atoms with Crippen LogP contribution in [0.2, 0.25) is 0 Å². The molecule has 8 rings (SSSR count). The van der Waals surface area contributed by atoms with Crippen molar-refractivity contribution >= 4 is 31.5 Å². The van der Waals surface area contributed by atoms with E-state index >= 15 is 0 Å². The van der Waals surface area contributed by atoms with E-state index in [4.69, 9.17) is 9.97 Å². The molecule has 0 aliphatic rings. The summed E-state index contributed by atoms with van der Waals surface area (Å²) in [7, 11) is 0. The van der Waals surface area contributed by atoms with Crippen LogP contribution in [0.5, 0.6) is 0 Å². The van der Waals surface area contributed by atoms with Crippen molar-refractivity contribution in [2.45, 2.75) is 0 Å². The van der Waals surface area contributed by atoms with Crippen molar-refractivity contribution in [1.29, 1.82) is 0 Å². The lowest BCUT2D eigenvalue weighted by atomic mass is 9.92. The van der Waals surface area contributed by atoms with Gasteiger partial charge in [-0.05, 0) is 58.7 Å². The first-order valence-electron chi connectivity index (χ1n) is 14.4. The summed E-state index contributed by atoms with van der Waals surface area (Å²) in [5.41, 5.74) is 9.66. The lowest BCUT2D eigenvalue weighted by Crippen LogP contribution is -1.96. The number of aromatic nitrogens is 2. The Morgan fingerprint density at radius 2 is 0.930 bits per heavy atom. The quantitative estimate of drug-likeness (QED) is 0.207. The molecule has 0 fully saturated rings. The van der Waals surface area contributed by atoms with Gasteiger partial charge in [0.2, 0.25) is 0 Å². The molecule has 43 heavy (non-hydrogen) atoms. The zero-order valence-corrected chi connectivity index (χ0v) is 24.1. The molecule has 0 atom stereocenters. The van der Waals surface area contributed by atoms with Crippen molar-refractivity contribution in [3.63, 3.8) is 0 Å². The standard InChI is InChI=1S/C40H26N2S/c1-4-13-27(14-5-1)30-23-31(33-20-12-22-38-39(33)34-19-10-11-21-37(34)43-38)25-32(24-30)36-26-35(28-15-6-2-7-16-28)41-40(42-36)29-17-8-3-9-18-29/h1-26H. The Morgan fingerprint density at radius 1 is 0.372 bits per heavy atom. The fraction of sp³-hybridized carbons (Fsp3) is 0. The fourth-order valence-corrected chi connectivity index (χ4v) is 6.94. The zero-order valence-electron chi connectivity index (χ0n) is 23.3. The van der Waals surface area contributed by atoms with Crippen LogP contribution in [0, 0.1) is 0 Å². The summed E-state index contributed by atoms with van der Waals surface area (Å²) in [4.78, 5) is 10.2. The van der Waals surface area contributed by atoms with E-state index in [-0.39, 0.29) is 0 Å². The highest BCUT2D eigenvalue weighted by atomic mass is 32.1. The van der Waals surface area contributed by atoms with Gasteiger partial charge in [-0.25, -0.2) is 9.97 Å². The maximum Gasteiger partial charge on any atom is 0.160 e. The van der Waals surface area contributed by atoms with Gasteiger partial charge in [-0.1, -0.05) is 121 Å². The number of fused-ring (bicyclic) bond motifs is 3. The van der Waals surface area contributed by atoms with Crippen LogP contribution in [0.4, 0.5) is 0 Å². The molecule has 8 aromatic rings. The van der Waals surface area contributed by atoms with Crippen LogP contribution in [-0.4, -0.2) is 9.97 Å². The maximum atomic E-state index is 5.16. The largest absolute Gasteiger partial charge is 0.228 e. The van der Waals surface area contributed by atoms with Crippen LogP contribution in [-0.2, 0) is 0 Å². The second-order valence-corrected chi connectivity index (χ2v) is 11.7. The predicted octanol–water partition coefficient (Wildman–Crippen LogP) is 11.2. The van der Waals surface area contributed by atoms with E-state index in [0.29, 0.717) is 0 Å². The molecule has 0 aliphatic carbocycles. The molecule has 3 heteroatoms. The van der Waals surface area contributed by atoms with Gasteiger partial charge in [0.25, 0.3) is 0 Å². The lowest BCUT2D eigenvalue weighted by Gasteiger charge is -2.14. The first kappa shape index (κ1) is 25.3. The Balaban J connectivity index is 1.40. The first-order chi connectivity index (χ1) is 21.3. The molecule has 0 aliphatic heterocycles. The third kappa shape index (κ3) is 4.80. The molecule has 0 N–H and O–H groups in total. The fourth-order valence-electron chi connectivity index (χ4n) is 5.81. The minimum atomic E-state index is 0.717. The third-order valence-corrected chi connectivity index (χ3v) is 9.01. The van der Waals surface area contributed by atoms with Crippen LogP contribution < -0.4 is 0 Å². The second-order valence-electron chi connectivity index (χ2n) is 10.6. The Kier molecular flexibility index (Phi) is 6.36. The van der Waals surface area contributed by atoms with Gasteiger partial charge in [0.1, 0.15) is 0 Å². The lowest BCUT2D eigenvalue weighted by molar-refractivity contribution is 1.18. The van der Waals surface area contributed by atoms with Crippen molar-refractivity contribution in [2.24, 2.45) is 0 Å². The van der Waals surface area contributed by atoms with Gasteiger partial charge in [-0.3, -0.25) is 0 Å². The van der Waals surface area contributed by atoms with Gasteiger partial charge in [0.05, 0.1) is 11.4 Å². The summed E-state index contributed by atoms with van der Waals surface area (Å²) >= 11 is 1.85. The molecule has 0 unspecified atom stereocenters. The molecular formula is C40H26N2S. The average molecular weight is 567 g/mol. The van der Waals surface area contributed by atoms with Gasteiger partial charge in [-0.2, -0.15) is 0 Å². The molecule has 0 saturated carbocycles. The van der Waals surface area contributed by atoms with E-state index < -0.39 is 0 Å². The van der Waals surface area contributed by atoms with Crippen molar-refractivity contribution in [1.82, 2.24) is 9.97 Å². The van der Waals surface area contributed by atoms with Crippen molar-refractivity contribution < 1.29 is 0 Å². The molecule has 2 nitrogen and oxygen atoms in total. The zero-order chi connectivity index (χ0) is 28.6. The van der Waals surface area contributed by atoms with Gasteiger partial charge in [0.15, 0.2) is 5.82 Å². The van der Waals surface area contributed by atoms with E-state index in [0.717, 1.165) is 39.5 Å². The minimum Gasteiger partial charge on any atom is -0.228 e. The highest BCUT2D eigenvalue weighted by Crippen LogP contribution is 2.42. The summed E-state index contributed by atoms with van der Waals surface area (Å²) in [6.07, 6.45) is 0. The van der Waals surface area contributed by atoms with Crippen LogP contribution in [0.3, 0.4) is 0 Å². The van der Waals surface area contributed by atoms with E-state index in [9.17, 15) is 0 Å². The summed E-state index contributed by atoms with van der Waals surface area (Å²) < 4.78 is 2.60. The highest BCUT2D eigenvalue weighted by Gasteiger charge is 2.16. The van der Waals surface area contributed by atoms with E-state index in [1.807, 2.05) is 35.6 Å². The average Bonchev–Trinajstić information content (AvgIpc) is 3.48. The molecular weight excluding hydrogens is 541 g/mol.